The number of pyridine rings is 1. The summed E-state index contributed by atoms with van der Waals surface area (Å²) in [7, 11) is 1.64. The molecule has 1 fully saturated rings. The van der Waals surface area contributed by atoms with Crippen LogP contribution in [0, 0.1) is 12.8 Å². The first-order valence-electron chi connectivity index (χ1n) is 10.3. The second kappa shape index (κ2) is 9.63. The number of hydrogen-bond acceptors (Lipinski definition) is 6. The van der Waals surface area contributed by atoms with Crippen LogP contribution in [0.1, 0.15) is 62.5 Å². The van der Waals surface area contributed by atoms with Gasteiger partial charge in [-0.15, -0.1) is 0 Å². The van der Waals surface area contributed by atoms with Crippen molar-refractivity contribution in [3.63, 3.8) is 0 Å². The Morgan fingerprint density at radius 1 is 1.14 bits per heavy atom. The lowest BCUT2D eigenvalue weighted by molar-refractivity contribution is -0.114. The molecule has 6 nitrogen and oxygen atoms in total. The van der Waals surface area contributed by atoms with Gasteiger partial charge in [-0.05, 0) is 50.0 Å². The number of rotatable bonds is 6. The fraction of sp³-hybridized carbons (Fsp3) is 0.478. The second-order valence-corrected chi connectivity index (χ2v) is 7.16. The third-order valence-electron chi connectivity index (χ3n) is 5.16. The van der Waals surface area contributed by atoms with Crippen LogP contribution >= 0.6 is 0 Å². The molecule has 4 rings (SSSR count). The van der Waals surface area contributed by atoms with Crippen molar-refractivity contribution < 1.29 is 14.3 Å². The van der Waals surface area contributed by atoms with Gasteiger partial charge in [-0.25, -0.2) is 4.98 Å². The molecular formula is C23H29N3O3. The van der Waals surface area contributed by atoms with Crippen LogP contribution in [0.5, 0.6) is 11.6 Å². The predicted octanol–water partition coefficient (Wildman–Crippen LogP) is 4.53. The van der Waals surface area contributed by atoms with E-state index in [0.717, 1.165) is 41.8 Å². The highest BCUT2D eigenvalue weighted by Gasteiger charge is 2.40. The van der Waals surface area contributed by atoms with E-state index in [1.807, 2.05) is 32.9 Å². The molecule has 2 aromatic heterocycles. The Labute approximate surface area is 172 Å². The molecule has 2 aliphatic carbocycles. The number of carbonyl (C=O) groups excluding carboxylic acids is 1. The highest BCUT2D eigenvalue weighted by atomic mass is 16.5. The van der Waals surface area contributed by atoms with Crippen molar-refractivity contribution in [1.29, 1.82) is 0 Å². The number of hydrogen-bond donors (Lipinski definition) is 0. The van der Waals surface area contributed by atoms with Crippen molar-refractivity contribution in [3.8, 4) is 11.6 Å². The third-order valence-corrected chi connectivity index (χ3v) is 5.16. The van der Waals surface area contributed by atoms with E-state index >= 15 is 0 Å². The number of allylic oxidation sites excluding steroid dienone is 2. The van der Waals surface area contributed by atoms with Crippen molar-refractivity contribution >= 4 is 11.4 Å². The van der Waals surface area contributed by atoms with E-state index in [1.54, 1.807) is 25.6 Å². The van der Waals surface area contributed by atoms with Gasteiger partial charge in [0.15, 0.2) is 5.78 Å². The van der Waals surface area contributed by atoms with Crippen LogP contribution in [0.4, 0.5) is 0 Å². The highest BCUT2D eigenvalue weighted by molar-refractivity contribution is 5.98. The zero-order chi connectivity index (χ0) is 20.8. The third kappa shape index (κ3) is 5.19. The topological polar surface area (TPSA) is 74.2 Å². The average Bonchev–Trinajstić information content (AvgIpc) is 3.53. The van der Waals surface area contributed by atoms with Crippen LogP contribution < -0.4 is 9.47 Å². The fourth-order valence-corrected chi connectivity index (χ4v) is 3.50. The smallest absolute Gasteiger partial charge is 0.224 e. The Balaban J connectivity index is 0.00000117. The molecule has 0 radical (unpaired) electrons. The van der Waals surface area contributed by atoms with Gasteiger partial charge in [0, 0.05) is 30.1 Å². The molecule has 2 heterocycles. The van der Waals surface area contributed by atoms with Gasteiger partial charge in [0.25, 0.3) is 0 Å². The number of methoxy groups -OCH3 is 1. The summed E-state index contributed by atoms with van der Waals surface area (Å²) < 4.78 is 11.2. The van der Waals surface area contributed by atoms with Gasteiger partial charge in [-0.2, -0.15) is 4.98 Å². The number of aryl methyl sites for hydroxylation is 1. The minimum absolute atomic E-state index is 0.163. The summed E-state index contributed by atoms with van der Waals surface area (Å²) in [5, 5.41) is 0. The van der Waals surface area contributed by atoms with Gasteiger partial charge in [0.1, 0.15) is 11.6 Å². The summed E-state index contributed by atoms with van der Waals surface area (Å²) in [6.45, 7) is 6.43. The first-order chi connectivity index (χ1) is 14.1. The molecule has 0 aliphatic heterocycles. The van der Waals surface area contributed by atoms with Gasteiger partial charge in [0.05, 0.1) is 25.5 Å². The van der Waals surface area contributed by atoms with E-state index < -0.39 is 0 Å². The Hall–Kier alpha value is -2.76. The number of ether oxygens (including phenoxy) is 2. The molecular weight excluding hydrogens is 366 g/mol. The highest BCUT2D eigenvalue weighted by Crippen LogP contribution is 2.47. The summed E-state index contributed by atoms with van der Waals surface area (Å²) in [4.78, 5) is 25.0. The minimum Gasteiger partial charge on any atom is -0.495 e. The lowest BCUT2D eigenvalue weighted by Gasteiger charge is -2.15. The standard InChI is InChI=1S/C21H23N3O3.C2H6/c1-13-22-11-19(14-4-3-5-16(25)8-14)21(24-13)27-12-15-9-18(15)20-7-6-17(26-2)10-23-20;1-2/h6-8,10-11,15,18H,3-5,9,12H2,1-2H3;1-2H3. The maximum atomic E-state index is 11.8. The van der Waals surface area contributed by atoms with Crippen molar-refractivity contribution in [2.75, 3.05) is 13.7 Å². The zero-order valence-electron chi connectivity index (χ0n) is 17.6. The Bertz CT molecular complexity index is 877. The van der Waals surface area contributed by atoms with Crippen molar-refractivity contribution in [1.82, 2.24) is 15.0 Å². The number of aromatic nitrogens is 3. The molecule has 154 valence electrons. The summed E-state index contributed by atoms with van der Waals surface area (Å²) in [6.07, 6.45) is 8.64. The quantitative estimate of drug-likeness (QED) is 0.715. The van der Waals surface area contributed by atoms with Gasteiger partial charge >= 0.3 is 0 Å². The fourth-order valence-electron chi connectivity index (χ4n) is 3.50. The van der Waals surface area contributed by atoms with E-state index in [1.165, 1.54) is 0 Å². The molecule has 6 heteroatoms. The number of nitrogens with zero attached hydrogens (tertiary/aromatic N) is 3. The monoisotopic (exact) mass is 395 g/mol. The maximum Gasteiger partial charge on any atom is 0.224 e. The zero-order valence-corrected chi connectivity index (χ0v) is 17.6. The normalized spacial score (nSPS) is 20.3. The average molecular weight is 396 g/mol. The molecule has 0 N–H and O–H groups in total. The van der Waals surface area contributed by atoms with Gasteiger partial charge in [0.2, 0.25) is 5.88 Å². The molecule has 1 saturated carbocycles. The van der Waals surface area contributed by atoms with Crippen molar-refractivity contribution in [2.24, 2.45) is 5.92 Å². The van der Waals surface area contributed by atoms with E-state index in [0.29, 0.717) is 36.6 Å². The van der Waals surface area contributed by atoms with E-state index in [-0.39, 0.29) is 5.78 Å². The molecule has 0 saturated heterocycles. The molecule has 2 aromatic rings. The Morgan fingerprint density at radius 2 is 1.97 bits per heavy atom. The summed E-state index contributed by atoms with van der Waals surface area (Å²) in [6, 6.07) is 3.96. The van der Waals surface area contributed by atoms with Crippen LogP contribution in [-0.2, 0) is 4.79 Å². The molecule has 2 atom stereocenters. The lowest BCUT2D eigenvalue weighted by atomic mass is 9.94. The summed E-state index contributed by atoms with van der Waals surface area (Å²) in [5.41, 5.74) is 2.89. The summed E-state index contributed by atoms with van der Waals surface area (Å²) >= 11 is 0. The largest absolute Gasteiger partial charge is 0.495 e. The molecule has 2 aliphatic rings. The van der Waals surface area contributed by atoms with E-state index in [9.17, 15) is 4.79 Å². The van der Waals surface area contributed by atoms with Crippen LogP contribution in [0.25, 0.3) is 5.57 Å². The Kier molecular flexibility index (Phi) is 6.96. The van der Waals surface area contributed by atoms with Gasteiger partial charge in [-0.1, -0.05) is 13.8 Å². The van der Waals surface area contributed by atoms with Crippen molar-refractivity contribution in [2.45, 2.75) is 52.4 Å². The molecule has 0 amide bonds. The molecule has 29 heavy (non-hydrogen) atoms. The number of ketones is 1. The molecule has 0 aromatic carbocycles. The second-order valence-electron chi connectivity index (χ2n) is 7.16. The van der Waals surface area contributed by atoms with Gasteiger partial charge < -0.3 is 9.47 Å². The molecule has 2 unspecified atom stereocenters. The maximum absolute atomic E-state index is 11.8. The predicted molar refractivity (Wildman–Crippen MR) is 112 cm³/mol. The number of carbonyl (C=O) groups is 1. The Morgan fingerprint density at radius 3 is 2.66 bits per heavy atom. The van der Waals surface area contributed by atoms with Crippen LogP contribution in [0.3, 0.4) is 0 Å². The molecule has 0 bridgehead atoms. The van der Waals surface area contributed by atoms with E-state index in [2.05, 4.69) is 15.0 Å². The van der Waals surface area contributed by atoms with E-state index in [4.69, 9.17) is 9.47 Å². The SMILES string of the molecule is CC.COc1ccc(C2CC2COc2nc(C)ncc2C2=CC(=O)CCC2)nc1. The van der Waals surface area contributed by atoms with Crippen molar-refractivity contribution in [3.05, 3.63) is 47.7 Å². The van der Waals surface area contributed by atoms with Crippen LogP contribution in [0.2, 0.25) is 0 Å². The lowest BCUT2D eigenvalue weighted by Crippen LogP contribution is -2.09. The summed E-state index contributed by atoms with van der Waals surface area (Å²) in [5.74, 6) is 3.02. The minimum atomic E-state index is 0.163. The first-order valence-corrected chi connectivity index (χ1v) is 10.3. The van der Waals surface area contributed by atoms with Gasteiger partial charge in [-0.3, -0.25) is 9.78 Å². The molecule has 0 spiro atoms. The first kappa shape index (κ1) is 21.0. The van der Waals surface area contributed by atoms with Crippen LogP contribution in [0.15, 0.2) is 30.6 Å². The van der Waals surface area contributed by atoms with Crippen LogP contribution in [-0.4, -0.2) is 34.5 Å².